The molecule has 2 aromatic rings. The summed E-state index contributed by atoms with van der Waals surface area (Å²) in [5, 5.41) is 2.79. The molecule has 1 fully saturated rings. The Bertz CT molecular complexity index is 1090. The molecule has 2 aliphatic rings. The van der Waals surface area contributed by atoms with E-state index in [0.717, 1.165) is 0 Å². The van der Waals surface area contributed by atoms with E-state index in [1.54, 1.807) is 0 Å². The molecule has 0 radical (unpaired) electrons. The van der Waals surface area contributed by atoms with Crippen LogP contribution in [-0.4, -0.2) is 37.2 Å². The summed E-state index contributed by atoms with van der Waals surface area (Å²) in [5.74, 6) is -0.158. The number of halogens is 6. The number of benzene rings is 2. The van der Waals surface area contributed by atoms with Crippen LogP contribution < -0.4 is 14.1 Å². The minimum atomic E-state index is -4.45. The van der Waals surface area contributed by atoms with Gasteiger partial charge in [0.25, 0.3) is 0 Å². The summed E-state index contributed by atoms with van der Waals surface area (Å²) in [6.45, 7) is 1.27. The van der Waals surface area contributed by atoms with Crippen LogP contribution in [0.2, 0.25) is 30.1 Å². The summed E-state index contributed by atoms with van der Waals surface area (Å²) >= 11 is 37.8. The predicted octanol–water partition coefficient (Wildman–Crippen LogP) is 7.12. The molecule has 0 bridgehead atoms. The minimum absolute atomic E-state index is 0.000301. The van der Waals surface area contributed by atoms with E-state index in [1.807, 2.05) is 0 Å². The van der Waals surface area contributed by atoms with Crippen LogP contribution >= 0.6 is 77.4 Å². The number of ether oxygens (including phenoxy) is 1. The molecular weight excluding hydrogens is 568 g/mol. The van der Waals surface area contributed by atoms with Crippen LogP contribution in [-0.2, 0) is 15.7 Å². The maximum atomic E-state index is 13.8. The normalized spacial score (nSPS) is 17.2. The van der Waals surface area contributed by atoms with Crippen molar-refractivity contribution in [2.75, 3.05) is 26.3 Å². The van der Waals surface area contributed by atoms with Crippen LogP contribution in [0.5, 0.6) is 11.5 Å². The van der Waals surface area contributed by atoms with Crippen LogP contribution in [0.1, 0.15) is 11.1 Å². The molecule has 0 saturated carbocycles. The second-order valence-corrected chi connectivity index (χ2v) is 10.8. The third kappa shape index (κ3) is 4.73. The Hall–Kier alpha value is -0.760. The highest BCUT2D eigenvalue weighted by molar-refractivity contribution is 7.53. The van der Waals surface area contributed by atoms with Crippen molar-refractivity contribution in [2.45, 2.75) is 6.42 Å². The van der Waals surface area contributed by atoms with E-state index in [4.69, 9.17) is 83.4 Å². The molecule has 14 heteroatoms. The first-order valence-corrected chi connectivity index (χ1v) is 12.9. The molecular formula is C18H13Cl6N2O5P. The number of rotatable bonds is 1. The highest BCUT2D eigenvalue weighted by Crippen LogP contribution is 2.56. The molecule has 0 aromatic heterocycles. The van der Waals surface area contributed by atoms with E-state index < -0.39 is 13.8 Å². The lowest BCUT2D eigenvalue weighted by Gasteiger charge is -2.31. The molecule has 0 spiro atoms. The highest BCUT2D eigenvalue weighted by Gasteiger charge is 2.39. The lowest BCUT2D eigenvalue weighted by molar-refractivity contribution is 0.0541. The van der Waals surface area contributed by atoms with Gasteiger partial charge in [0.05, 0.1) is 43.3 Å². The van der Waals surface area contributed by atoms with E-state index in [9.17, 15) is 9.36 Å². The summed E-state index contributed by atoms with van der Waals surface area (Å²) in [7, 11) is -4.45. The van der Waals surface area contributed by atoms with Gasteiger partial charge in [-0.3, -0.25) is 0 Å². The van der Waals surface area contributed by atoms with Gasteiger partial charge in [0.2, 0.25) is 0 Å². The van der Waals surface area contributed by atoms with Gasteiger partial charge >= 0.3 is 13.8 Å². The summed E-state index contributed by atoms with van der Waals surface area (Å²) < 4.78 is 30.3. The van der Waals surface area contributed by atoms with Crippen LogP contribution in [0, 0.1) is 0 Å². The number of carbonyl (C=O) groups excluding carboxylic acids is 1. The lowest BCUT2D eigenvalue weighted by Crippen LogP contribution is -2.46. The van der Waals surface area contributed by atoms with Crippen molar-refractivity contribution in [1.82, 2.24) is 9.99 Å². The van der Waals surface area contributed by atoms with Crippen molar-refractivity contribution in [3.63, 3.8) is 0 Å². The SMILES string of the molecule is O=C(NP1(=O)Oc2c(Cl)cc(Cl)c(Cl)c2Cc2c(Cl)c(Cl)cc(Cl)c2O1)N1CCOCC1. The molecule has 4 rings (SSSR count). The average Bonchev–Trinajstić information content (AvgIpc) is 2.74. The Balaban J connectivity index is 1.86. The number of fused-ring (bicyclic) bond motifs is 2. The molecule has 0 atom stereocenters. The zero-order valence-electron chi connectivity index (χ0n) is 15.9. The molecule has 172 valence electrons. The third-order valence-corrected chi connectivity index (χ3v) is 8.27. The van der Waals surface area contributed by atoms with Crippen LogP contribution in [0.3, 0.4) is 0 Å². The molecule has 2 aromatic carbocycles. The first-order chi connectivity index (χ1) is 15.1. The smallest absolute Gasteiger partial charge is 0.398 e. The quantitative estimate of drug-likeness (QED) is 0.287. The van der Waals surface area contributed by atoms with Gasteiger partial charge in [-0.15, -0.1) is 0 Å². The number of urea groups is 1. The molecule has 2 aliphatic heterocycles. The van der Waals surface area contributed by atoms with Gasteiger partial charge in [0.1, 0.15) is 0 Å². The van der Waals surface area contributed by atoms with Gasteiger partial charge in [-0.2, -0.15) is 0 Å². The number of hydrogen-bond donors (Lipinski definition) is 1. The van der Waals surface area contributed by atoms with Crippen LogP contribution in [0.4, 0.5) is 4.79 Å². The first kappa shape index (κ1) is 24.4. The predicted molar refractivity (Wildman–Crippen MR) is 126 cm³/mol. The standard InChI is InChI=1S/C18H13Cl6N2O5P/c19-10-6-12(21)16-8(14(10)23)5-9-15(24)11(20)7-13(22)17(9)31-32(28,30-16)25-18(27)26-1-3-29-4-2-26/h6-7H,1-5H2,(H,25,27,28). The molecule has 2 heterocycles. The summed E-state index contributed by atoms with van der Waals surface area (Å²) in [4.78, 5) is 14.2. The fraction of sp³-hybridized carbons (Fsp3) is 0.278. The molecule has 1 N–H and O–H groups in total. The third-order valence-electron chi connectivity index (χ3n) is 4.75. The molecule has 0 aliphatic carbocycles. The topological polar surface area (TPSA) is 77.1 Å². The van der Waals surface area contributed by atoms with Crippen molar-refractivity contribution in [2.24, 2.45) is 0 Å². The van der Waals surface area contributed by atoms with Crippen molar-refractivity contribution in [3.8, 4) is 11.5 Å². The number of hydrogen-bond acceptors (Lipinski definition) is 5. The first-order valence-electron chi connectivity index (χ1n) is 9.06. The van der Waals surface area contributed by atoms with Crippen molar-refractivity contribution in [3.05, 3.63) is 53.4 Å². The average molecular weight is 581 g/mol. The number of nitrogens with zero attached hydrogens (tertiary/aromatic N) is 1. The number of carbonyl (C=O) groups is 1. The van der Waals surface area contributed by atoms with E-state index in [2.05, 4.69) is 5.09 Å². The number of nitrogens with one attached hydrogen (secondary N) is 1. The Labute approximate surface area is 213 Å². The van der Waals surface area contributed by atoms with Crippen molar-refractivity contribution >= 4 is 83.4 Å². The Morgan fingerprint density at radius 2 is 1.31 bits per heavy atom. The van der Waals surface area contributed by atoms with Crippen molar-refractivity contribution < 1.29 is 23.1 Å². The Morgan fingerprint density at radius 1 is 0.844 bits per heavy atom. The fourth-order valence-electron chi connectivity index (χ4n) is 3.21. The second kappa shape index (κ2) is 9.47. The van der Waals surface area contributed by atoms with Gasteiger partial charge in [0, 0.05) is 30.6 Å². The molecule has 1 saturated heterocycles. The number of amides is 2. The Morgan fingerprint density at radius 3 is 1.78 bits per heavy atom. The Kier molecular flexibility index (Phi) is 7.21. The maximum absolute atomic E-state index is 13.8. The number of morpholine rings is 1. The van der Waals surface area contributed by atoms with Gasteiger partial charge in [-0.1, -0.05) is 69.6 Å². The van der Waals surface area contributed by atoms with Gasteiger partial charge < -0.3 is 18.7 Å². The molecule has 7 nitrogen and oxygen atoms in total. The largest absolute Gasteiger partial charge is 0.545 e. The lowest BCUT2D eigenvalue weighted by atomic mass is 10.0. The van der Waals surface area contributed by atoms with E-state index >= 15 is 0 Å². The van der Waals surface area contributed by atoms with E-state index in [0.29, 0.717) is 26.3 Å². The molecule has 2 amide bonds. The van der Waals surface area contributed by atoms with E-state index in [-0.39, 0.29) is 59.2 Å². The summed E-state index contributed by atoms with van der Waals surface area (Å²) in [5.41, 5.74) is 0.546. The monoisotopic (exact) mass is 578 g/mol. The van der Waals surface area contributed by atoms with Crippen molar-refractivity contribution in [1.29, 1.82) is 0 Å². The second-order valence-electron chi connectivity index (χ2n) is 6.80. The van der Waals surface area contributed by atoms with Crippen LogP contribution in [0.25, 0.3) is 0 Å². The maximum Gasteiger partial charge on any atom is 0.545 e. The van der Waals surface area contributed by atoms with E-state index in [1.165, 1.54) is 17.0 Å². The van der Waals surface area contributed by atoms with Crippen LogP contribution in [0.15, 0.2) is 12.1 Å². The fourth-order valence-corrected chi connectivity index (χ4v) is 6.21. The highest BCUT2D eigenvalue weighted by atomic mass is 35.5. The zero-order chi connectivity index (χ0) is 23.2. The summed E-state index contributed by atoms with van der Waals surface area (Å²) in [6, 6.07) is 1.97. The molecule has 0 unspecified atom stereocenters. The minimum Gasteiger partial charge on any atom is -0.398 e. The zero-order valence-corrected chi connectivity index (χ0v) is 21.3. The van der Waals surface area contributed by atoms with Gasteiger partial charge in [-0.25, -0.2) is 14.4 Å². The molecule has 32 heavy (non-hydrogen) atoms. The summed E-state index contributed by atoms with van der Waals surface area (Å²) in [6.07, 6.45) is 0.000301. The van der Waals surface area contributed by atoms with Gasteiger partial charge in [-0.05, 0) is 12.1 Å². The van der Waals surface area contributed by atoms with Gasteiger partial charge in [0.15, 0.2) is 11.5 Å².